The summed E-state index contributed by atoms with van der Waals surface area (Å²) in [6.45, 7) is 6.89. The van der Waals surface area contributed by atoms with Gasteiger partial charge in [-0.15, -0.1) is 0 Å². The number of hydrogen-bond donors (Lipinski definition) is 2. The Kier molecular flexibility index (Phi) is 7.44. The summed E-state index contributed by atoms with van der Waals surface area (Å²) in [5, 5.41) is 6.08. The first kappa shape index (κ1) is 24.2. The van der Waals surface area contributed by atoms with Crippen LogP contribution >= 0.6 is 0 Å². The molecule has 3 aromatic rings. The van der Waals surface area contributed by atoms with Crippen molar-refractivity contribution in [2.24, 2.45) is 0 Å². The number of morpholine rings is 1. The van der Waals surface area contributed by atoms with E-state index in [0.717, 1.165) is 67.9 Å². The second-order valence-corrected chi connectivity index (χ2v) is 9.75. The largest absolute Gasteiger partial charge is 0.379 e. The lowest BCUT2D eigenvalue weighted by molar-refractivity contribution is 0.0342. The van der Waals surface area contributed by atoms with Crippen LogP contribution in [0.15, 0.2) is 66.7 Å². The molecular formula is C30H33N3O3. The standard InChI is InChI=1S/C30H33N3O3/c1-21-5-6-26(30(35)32-27-11-12-27)18-28(21)24-7-9-25(10-8-24)29(34)31-19-22-3-2-4-23(17-22)20-33-13-15-36-16-14-33/h2-10,17-18,27H,11-16,19-20H2,1H3,(H,31,34)(H,32,35). The van der Waals surface area contributed by atoms with Crippen molar-refractivity contribution in [2.75, 3.05) is 26.3 Å². The van der Waals surface area contributed by atoms with Crippen molar-refractivity contribution < 1.29 is 14.3 Å². The molecule has 2 amide bonds. The van der Waals surface area contributed by atoms with Crippen molar-refractivity contribution in [3.8, 4) is 11.1 Å². The predicted octanol–water partition coefficient (Wildman–Crippen LogP) is 4.32. The molecule has 0 bridgehead atoms. The maximum atomic E-state index is 12.8. The molecule has 5 rings (SSSR count). The number of carbonyl (C=O) groups excluding carboxylic acids is 2. The minimum atomic E-state index is -0.102. The zero-order valence-corrected chi connectivity index (χ0v) is 20.8. The van der Waals surface area contributed by atoms with Crippen LogP contribution in [0.5, 0.6) is 0 Å². The smallest absolute Gasteiger partial charge is 0.251 e. The van der Waals surface area contributed by atoms with Crippen LogP contribution in [0.2, 0.25) is 0 Å². The molecule has 186 valence electrons. The molecule has 0 atom stereocenters. The first-order chi connectivity index (χ1) is 17.5. The third-order valence-corrected chi connectivity index (χ3v) is 6.82. The Morgan fingerprint density at radius 3 is 2.36 bits per heavy atom. The normalized spacial score (nSPS) is 15.9. The highest BCUT2D eigenvalue weighted by atomic mass is 16.5. The van der Waals surface area contributed by atoms with Gasteiger partial charge in [0.15, 0.2) is 0 Å². The van der Waals surface area contributed by atoms with Crippen LogP contribution in [0.25, 0.3) is 11.1 Å². The fourth-order valence-corrected chi connectivity index (χ4v) is 4.51. The van der Waals surface area contributed by atoms with Crippen LogP contribution in [0.1, 0.15) is 50.2 Å². The van der Waals surface area contributed by atoms with Gasteiger partial charge in [-0.05, 0) is 71.8 Å². The second kappa shape index (κ2) is 11.1. The average molecular weight is 484 g/mol. The van der Waals surface area contributed by atoms with Gasteiger partial charge in [0.1, 0.15) is 0 Å². The molecule has 6 heteroatoms. The quantitative estimate of drug-likeness (QED) is 0.501. The van der Waals surface area contributed by atoms with Gasteiger partial charge in [-0.3, -0.25) is 14.5 Å². The van der Waals surface area contributed by atoms with Crippen molar-refractivity contribution in [3.63, 3.8) is 0 Å². The van der Waals surface area contributed by atoms with E-state index in [1.54, 1.807) is 0 Å². The van der Waals surface area contributed by atoms with Gasteiger partial charge in [-0.2, -0.15) is 0 Å². The van der Waals surface area contributed by atoms with Gasteiger partial charge in [0.2, 0.25) is 0 Å². The fourth-order valence-electron chi connectivity index (χ4n) is 4.51. The highest BCUT2D eigenvalue weighted by molar-refractivity contribution is 5.97. The summed E-state index contributed by atoms with van der Waals surface area (Å²) >= 11 is 0. The van der Waals surface area contributed by atoms with Crippen molar-refractivity contribution in [1.29, 1.82) is 0 Å². The summed E-state index contributed by atoms with van der Waals surface area (Å²) in [7, 11) is 0. The Labute approximate surface area is 212 Å². The van der Waals surface area contributed by atoms with Gasteiger partial charge in [0, 0.05) is 43.3 Å². The SMILES string of the molecule is Cc1ccc(C(=O)NC2CC2)cc1-c1ccc(C(=O)NCc2cccc(CN3CCOCC3)c2)cc1. The number of hydrogen-bond acceptors (Lipinski definition) is 4. The summed E-state index contributed by atoms with van der Waals surface area (Å²) < 4.78 is 5.43. The maximum absolute atomic E-state index is 12.8. The molecule has 1 aliphatic heterocycles. The van der Waals surface area contributed by atoms with Crippen LogP contribution in [-0.2, 0) is 17.8 Å². The van der Waals surface area contributed by atoms with E-state index in [-0.39, 0.29) is 11.8 Å². The molecule has 36 heavy (non-hydrogen) atoms. The number of benzene rings is 3. The number of ether oxygens (including phenoxy) is 1. The molecular weight excluding hydrogens is 450 g/mol. The number of aryl methyl sites for hydroxylation is 1. The van der Waals surface area contributed by atoms with E-state index in [2.05, 4.69) is 27.7 Å². The Morgan fingerprint density at radius 2 is 1.61 bits per heavy atom. The van der Waals surface area contributed by atoms with Crippen LogP contribution in [0.3, 0.4) is 0 Å². The molecule has 1 saturated heterocycles. The van der Waals surface area contributed by atoms with Crippen LogP contribution in [-0.4, -0.2) is 49.1 Å². The highest BCUT2D eigenvalue weighted by Gasteiger charge is 2.24. The van der Waals surface area contributed by atoms with E-state index in [9.17, 15) is 9.59 Å². The summed E-state index contributed by atoms with van der Waals surface area (Å²) in [6.07, 6.45) is 2.13. The second-order valence-electron chi connectivity index (χ2n) is 9.75. The number of nitrogens with one attached hydrogen (secondary N) is 2. The monoisotopic (exact) mass is 483 g/mol. The number of amides is 2. The van der Waals surface area contributed by atoms with Gasteiger partial charge in [0.05, 0.1) is 13.2 Å². The maximum Gasteiger partial charge on any atom is 0.251 e. The molecule has 0 radical (unpaired) electrons. The molecule has 2 fully saturated rings. The van der Waals surface area contributed by atoms with E-state index in [4.69, 9.17) is 4.74 Å². The van der Waals surface area contributed by atoms with Crippen molar-refractivity contribution in [2.45, 2.75) is 38.9 Å². The lowest BCUT2D eigenvalue weighted by atomic mass is 9.97. The van der Waals surface area contributed by atoms with E-state index in [0.29, 0.717) is 23.7 Å². The summed E-state index contributed by atoms with van der Waals surface area (Å²) in [6, 6.07) is 22.1. The van der Waals surface area contributed by atoms with Crippen LogP contribution in [0.4, 0.5) is 0 Å². The third-order valence-electron chi connectivity index (χ3n) is 6.82. The molecule has 1 aliphatic carbocycles. The average Bonchev–Trinajstić information content (AvgIpc) is 3.72. The molecule has 1 heterocycles. The minimum absolute atomic E-state index is 0.0243. The Bertz CT molecular complexity index is 1230. The van der Waals surface area contributed by atoms with E-state index in [1.165, 1.54) is 5.56 Å². The summed E-state index contributed by atoms with van der Waals surface area (Å²) in [5.41, 5.74) is 6.69. The fraction of sp³-hybridized carbons (Fsp3) is 0.333. The lowest BCUT2D eigenvalue weighted by Crippen LogP contribution is -2.35. The zero-order valence-electron chi connectivity index (χ0n) is 20.8. The molecule has 6 nitrogen and oxygen atoms in total. The van der Waals surface area contributed by atoms with Crippen LogP contribution in [0, 0.1) is 6.92 Å². The van der Waals surface area contributed by atoms with Gasteiger partial charge < -0.3 is 15.4 Å². The molecule has 2 N–H and O–H groups in total. The zero-order chi connectivity index (χ0) is 24.9. The van der Waals surface area contributed by atoms with E-state index >= 15 is 0 Å². The van der Waals surface area contributed by atoms with Crippen LogP contribution < -0.4 is 10.6 Å². The topological polar surface area (TPSA) is 70.7 Å². The van der Waals surface area contributed by atoms with Gasteiger partial charge in [0.25, 0.3) is 11.8 Å². The van der Waals surface area contributed by atoms with E-state index < -0.39 is 0 Å². The minimum Gasteiger partial charge on any atom is -0.379 e. The predicted molar refractivity (Wildman–Crippen MR) is 141 cm³/mol. The first-order valence-corrected chi connectivity index (χ1v) is 12.7. The van der Waals surface area contributed by atoms with Gasteiger partial charge in [-0.1, -0.05) is 42.5 Å². The van der Waals surface area contributed by atoms with Gasteiger partial charge >= 0.3 is 0 Å². The van der Waals surface area contributed by atoms with Crippen molar-refractivity contribution >= 4 is 11.8 Å². The highest BCUT2D eigenvalue weighted by Crippen LogP contribution is 2.26. The molecule has 1 saturated carbocycles. The Morgan fingerprint density at radius 1 is 0.889 bits per heavy atom. The Hall–Kier alpha value is -3.48. The summed E-state index contributed by atoms with van der Waals surface area (Å²) in [4.78, 5) is 27.7. The third kappa shape index (κ3) is 6.20. The van der Waals surface area contributed by atoms with E-state index in [1.807, 2.05) is 61.5 Å². The number of carbonyl (C=O) groups is 2. The first-order valence-electron chi connectivity index (χ1n) is 12.7. The van der Waals surface area contributed by atoms with Crippen molar-refractivity contribution in [3.05, 3.63) is 94.5 Å². The molecule has 0 spiro atoms. The summed E-state index contributed by atoms with van der Waals surface area (Å²) in [5.74, 6) is -0.127. The lowest BCUT2D eigenvalue weighted by Gasteiger charge is -2.26. The van der Waals surface area contributed by atoms with Gasteiger partial charge in [-0.25, -0.2) is 0 Å². The number of rotatable bonds is 8. The Balaban J connectivity index is 1.20. The number of nitrogens with zero attached hydrogens (tertiary/aromatic N) is 1. The molecule has 3 aromatic carbocycles. The molecule has 0 unspecified atom stereocenters. The molecule has 2 aliphatic rings. The van der Waals surface area contributed by atoms with Crippen molar-refractivity contribution in [1.82, 2.24) is 15.5 Å². The molecule has 0 aromatic heterocycles.